The third-order valence-corrected chi connectivity index (χ3v) is 12.7. The molecule has 0 saturated heterocycles. The van der Waals surface area contributed by atoms with Crippen molar-refractivity contribution in [2.45, 2.75) is 71.9 Å². The van der Waals surface area contributed by atoms with Crippen LogP contribution in [0.4, 0.5) is 13.6 Å². The van der Waals surface area contributed by atoms with Gasteiger partial charge in [0.05, 0.1) is 11.8 Å². The van der Waals surface area contributed by atoms with Crippen LogP contribution in [0, 0.1) is 17.0 Å². The first-order chi connectivity index (χ1) is 28.7. The summed E-state index contributed by atoms with van der Waals surface area (Å²) >= 11 is 1.28. The Morgan fingerprint density at radius 1 is 0.885 bits per heavy atom. The summed E-state index contributed by atoms with van der Waals surface area (Å²) in [6, 6.07) is 15.0. The van der Waals surface area contributed by atoms with Gasteiger partial charge < -0.3 is 30.1 Å². The average Bonchev–Trinajstić information content (AvgIpc) is 3.73. The van der Waals surface area contributed by atoms with E-state index in [4.69, 9.17) is 0 Å². The van der Waals surface area contributed by atoms with Crippen molar-refractivity contribution in [1.29, 1.82) is 0 Å². The third-order valence-electron chi connectivity index (χ3n) is 10.00. The zero-order valence-corrected chi connectivity index (χ0v) is 37.7. The smallest absolute Gasteiger partial charge is 0.407 e. The highest BCUT2D eigenvalue weighted by Crippen LogP contribution is 2.41. The van der Waals surface area contributed by atoms with E-state index in [9.17, 15) is 38.3 Å². The monoisotopic (exact) mass is 880 g/mol. The first kappa shape index (κ1) is 48.4. The molecule has 4 rings (SSSR count). The van der Waals surface area contributed by atoms with Crippen LogP contribution in [0.1, 0.15) is 50.9 Å². The Balaban J connectivity index is 1.52. The molecule has 0 unspecified atom stereocenters. The van der Waals surface area contributed by atoms with E-state index in [1.165, 1.54) is 16.7 Å². The van der Waals surface area contributed by atoms with Crippen molar-refractivity contribution in [3.8, 4) is 11.1 Å². The fraction of sp³-hybridized carbons (Fsp3) is 0.455. The molecule has 2 heterocycles. The van der Waals surface area contributed by atoms with Crippen LogP contribution < -0.4 is 10.6 Å². The highest BCUT2D eigenvalue weighted by atomic mass is 32.2. The molecule has 2 aromatic carbocycles. The second kappa shape index (κ2) is 22.0. The fourth-order valence-corrected chi connectivity index (χ4v) is 8.66. The van der Waals surface area contributed by atoms with Gasteiger partial charge in [-0.25, -0.2) is 13.6 Å². The second-order valence-corrected chi connectivity index (χ2v) is 24.0. The van der Waals surface area contributed by atoms with Crippen LogP contribution >= 0.6 is 11.8 Å². The highest BCUT2D eigenvalue weighted by molar-refractivity contribution is 7.99. The van der Waals surface area contributed by atoms with E-state index in [1.54, 1.807) is 17.2 Å². The van der Waals surface area contributed by atoms with E-state index in [-0.39, 0.29) is 55.7 Å². The average molecular weight is 881 g/mol. The van der Waals surface area contributed by atoms with Crippen LogP contribution in [-0.4, -0.2) is 119 Å². The normalized spacial score (nSPS) is 13.3. The molecule has 6 amide bonds. The molecule has 0 radical (unpaired) electrons. The molecule has 1 aromatic heterocycles. The molecule has 0 spiro atoms. The minimum absolute atomic E-state index is 0.0156. The Morgan fingerprint density at radius 3 is 2.16 bits per heavy atom. The summed E-state index contributed by atoms with van der Waals surface area (Å²) in [6.07, 6.45) is 3.37. The first-order valence-corrected chi connectivity index (χ1v) is 25.2. The maximum absolute atomic E-state index is 15.3. The van der Waals surface area contributed by atoms with Crippen LogP contribution in [0.5, 0.6) is 0 Å². The molecule has 3 aromatic rings. The summed E-state index contributed by atoms with van der Waals surface area (Å²) in [5, 5.41) is 15.3. The number of halogens is 2. The SMILES string of the molecule is CC(C)(C)[C@H](c1cc(-c2cc(F)ccc2F)cn1Cc1ccccc1)N(CCCN(CC[Si](C)(C)C)C(=O)O)C(=O)CSCCC(=O)NCCNC(=O)CN1C(=O)C=CC1=O. The number of carbonyl (C=O) groups is 6. The standard InChI is InChI=1S/C44H58F2N6O7SSi/c1-44(2,3)42(36-25-32(34-26-33(45)13-14-35(34)46)28-50(36)27-31-11-8-7-9-12-31)51(21-10-20-49(43(58)59)22-24-61(4,5)6)41(57)30-60-23-17-37(53)47-18-19-48-38(54)29-52-39(55)15-16-40(52)56/h7-9,11-16,25-26,28,42H,10,17-24,27,29-30H2,1-6H3,(H,47,53)(H,48,54)(H,58,59)/t42-/m0/s1. The van der Waals surface area contributed by atoms with Gasteiger partial charge >= 0.3 is 6.09 Å². The molecule has 0 bridgehead atoms. The summed E-state index contributed by atoms with van der Waals surface area (Å²) in [6.45, 7) is 13.5. The summed E-state index contributed by atoms with van der Waals surface area (Å²) in [4.78, 5) is 78.9. The van der Waals surface area contributed by atoms with Gasteiger partial charge in [-0.05, 0) is 47.7 Å². The van der Waals surface area contributed by atoms with E-state index in [0.717, 1.165) is 46.9 Å². The number of rotatable bonds is 22. The Kier molecular flexibility index (Phi) is 17.4. The van der Waals surface area contributed by atoms with Gasteiger partial charge in [0.15, 0.2) is 0 Å². The summed E-state index contributed by atoms with van der Waals surface area (Å²) < 4.78 is 31.7. The topological polar surface area (TPSA) is 161 Å². The molecular formula is C44H58F2N6O7SSi. The number of aromatic nitrogens is 1. The Morgan fingerprint density at radius 2 is 1.54 bits per heavy atom. The van der Waals surface area contributed by atoms with Gasteiger partial charge in [-0.1, -0.05) is 70.7 Å². The van der Waals surface area contributed by atoms with Crippen LogP contribution in [0.3, 0.4) is 0 Å². The summed E-state index contributed by atoms with van der Waals surface area (Å²) in [7, 11) is -1.55. The largest absolute Gasteiger partial charge is 0.465 e. The maximum atomic E-state index is 15.3. The first-order valence-electron chi connectivity index (χ1n) is 20.3. The van der Waals surface area contributed by atoms with Crippen molar-refractivity contribution < 1.29 is 42.7 Å². The number of carbonyl (C=O) groups excluding carboxylic acids is 5. The Labute approximate surface area is 361 Å². The molecule has 1 aliphatic heterocycles. The summed E-state index contributed by atoms with van der Waals surface area (Å²) in [5.74, 6) is -3.05. The van der Waals surface area contributed by atoms with Crippen LogP contribution in [0.2, 0.25) is 25.7 Å². The molecule has 1 atom stereocenters. The molecule has 0 aliphatic carbocycles. The van der Waals surface area contributed by atoms with E-state index in [1.807, 2.05) is 55.7 Å². The zero-order chi connectivity index (χ0) is 44.9. The van der Waals surface area contributed by atoms with Crippen molar-refractivity contribution in [1.82, 2.24) is 29.9 Å². The molecule has 1 aliphatic rings. The van der Waals surface area contributed by atoms with E-state index in [2.05, 4.69) is 30.3 Å². The van der Waals surface area contributed by atoms with Gasteiger partial charge in [0, 0.05) is 94.7 Å². The molecule has 3 N–H and O–H groups in total. The van der Waals surface area contributed by atoms with E-state index in [0.29, 0.717) is 36.5 Å². The molecule has 330 valence electrons. The number of amides is 6. The summed E-state index contributed by atoms with van der Waals surface area (Å²) in [5.41, 5.74) is 1.59. The number of thioether (sulfide) groups is 1. The molecule has 0 saturated carbocycles. The van der Waals surface area contributed by atoms with Gasteiger partial charge in [0.25, 0.3) is 11.8 Å². The predicted octanol–water partition coefficient (Wildman–Crippen LogP) is 6.39. The van der Waals surface area contributed by atoms with E-state index >= 15 is 4.39 Å². The lowest BCUT2D eigenvalue weighted by molar-refractivity contribution is -0.141. The van der Waals surface area contributed by atoms with Crippen LogP contribution in [0.15, 0.2) is 72.9 Å². The van der Waals surface area contributed by atoms with Crippen molar-refractivity contribution in [2.24, 2.45) is 5.41 Å². The van der Waals surface area contributed by atoms with Gasteiger partial charge in [-0.2, -0.15) is 11.8 Å². The quantitative estimate of drug-likeness (QED) is 0.0595. The zero-order valence-electron chi connectivity index (χ0n) is 35.8. The number of imide groups is 1. The Bertz CT molecular complexity index is 2050. The third kappa shape index (κ3) is 15.0. The Hall–Kier alpha value is -5.29. The molecule has 0 fully saturated rings. The van der Waals surface area contributed by atoms with Crippen molar-refractivity contribution in [3.05, 3.63) is 95.8 Å². The van der Waals surface area contributed by atoms with Gasteiger partial charge in [0.2, 0.25) is 17.7 Å². The number of hydrogen-bond acceptors (Lipinski definition) is 7. The van der Waals surface area contributed by atoms with Crippen molar-refractivity contribution in [3.63, 3.8) is 0 Å². The highest BCUT2D eigenvalue weighted by Gasteiger charge is 2.37. The predicted molar refractivity (Wildman–Crippen MR) is 235 cm³/mol. The molecular weight excluding hydrogens is 823 g/mol. The van der Waals surface area contributed by atoms with Gasteiger partial charge in [0.1, 0.15) is 18.2 Å². The molecule has 17 heteroatoms. The van der Waals surface area contributed by atoms with Gasteiger partial charge in [-0.3, -0.25) is 28.9 Å². The van der Waals surface area contributed by atoms with Gasteiger partial charge in [-0.15, -0.1) is 0 Å². The minimum atomic E-state index is -1.55. The number of nitrogens with zero attached hydrogens (tertiary/aromatic N) is 4. The number of carboxylic acid groups (broad SMARTS) is 1. The van der Waals surface area contributed by atoms with Crippen molar-refractivity contribution in [2.75, 3.05) is 50.8 Å². The van der Waals surface area contributed by atoms with Crippen LogP contribution in [-0.2, 0) is 30.5 Å². The molecule has 13 nitrogen and oxygen atoms in total. The lowest BCUT2D eigenvalue weighted by atomic mass is 9.83. The number of nitrogens with one attached hydrogen (secondary N) is 2. The maximum Gasteiger partial charge on any atom is 0.407 e. The molecule has 61 heavy (non-hydrogen) atoms. The minimum Gasteiger partial charge on any atom is -0.465 e. The van der Waals surface area contributed by atoms with Crippen molar-refractivity contribution >= 4 is 55.5 Å². The number of benzene rings is 2. The van der Waals surface area contributed by atoms with Crippen LogP contribution in [0.25, 0.3) is 11.1 Å². The lowest BCUT2D eigenvalue weighted by Gasteiger charge is -2.41. The fourth-order valence-electron chi connectivity index (χ4n) is 6.90. The lowest BCUT2D eigenvalue weighted by Crippen LogP contribution is -2.44. The van der Waals surface area contributed by atoms with E-state index < -0.39 is 61.5 Å². The second-order valence-electron chi connectivity index (χ2n) is 17.3. The number of hydrogen-bond donors (Lipinski definition) is 3.